The molecule has 0 aliphatic rings. The quantitative estimate of drug-likeness (QED) is 0.261. The molecule has 0 bridgehead atoms. The fraction of sp³-hybridized carbons (Fsp3) is 0. The molecule has 0 spiro atoms. The number of nitrogens with zero attached hydrogens (tertiary/aromatic N) is 2. The van der Waals surface area contributed by atoms with Gasteiger partial charge in [0, 0.05) is 34.3 Å². The minimum absolute atomic E-state index is 0.134. The lowest BCUT2D eigenvalue weighted by Gasteiger charge is -2.04. The first kappa shape index (κ1) is 19.1. The highest BCUT2D eigenvalue weighted by atomic mass is 19.1. The average molecular weight is 435 g/mol. The van der Waals surface area contributed by atoms with E-state index in [9.17, 15) is 9.50 Å². The van der Waals surface area contributed by atoms with E-state index in [-0.39, 0.29) is 5.75 Å². The molecule has 0 atom stereocenters. The van der Waals surface area contributed by atoms with Gasteiger partial charge < -0.3 is 15.8 Å². The van der Waals surface area contributed by atoms with Gasteiger partial charge in [-0.3, -0.25) is 10.1 Å². The van der Waals surface area contributed by atoms with Crippen LogP contribution in [0.25, 0.3) is 55.4 Å². The molecular weight excluding hydrogens is 417 g/mol. The van der Waals surface area contributed by atoms with Crippen LogP contribution in [-0.4, -0.2) is 25.3 Å². The van der Waals surface area contributed by atoms with E-state index < -0.39 is 5.82 Å². The van der Waals surface area contributed by atoms with E-state index in [0.717, 1.165) is 50.4 Å². The summed E-state index contributed by atoms with van der Waals surface area (Å²) in [7, 11) is 0. The lowest BCUT2D eigenvalue weighted by molar-refractivity contribution is 0.469. The van der Waals surface area contributed by atoms with Crippen molar-refractivity contribution >= 4 is 27.5 Å². The summed E-state index contributed by atoms with van der Waals surface area (Å²) in [5.41, 5.74) is 13.3. The van der Waals surface area contributed by atoms with Crippen LogP contribution in [0, 0.1) is 5.82 Å². The Balaban J connectivity index is 1.51. The molecule has 0 amide bonds. The fourth-order valence-electron chi connectivity index (χ4n) is 4.26. The summed E-state index contributed by atoms with van der Waals surface area (Å²) in [6.07, 6.45) is 3.38. The van der Waals surface area contributed by atoms with Crippen LogP contribution < -0.4 is 5.73 Å². The number of nitrogens with two attached hydrogens (primary N) is 1. The van der Waals surface area contributed by atoms with Gasteiger partial charge in [-0.25, -0.2) is 4.39 Å². The van der Waals surface area contributed by atoms with E-state index >= 15 is 0 Å². The Kier molecular flexibility index (Phi) is 4.16. The number of phenolic OH excluding ortho intramolecular Hbond substituents is 1. The molecule has 7 heteroatoms. The lowest BCUT2D eigenvalue weighted by Crippen LogP contribution is -1.85. The first-order valence-corrected chi connectivity index (χ1v) is 10.4. The topological polar surface area (TPSA) is 104 Å². The van der Waals surface area contributed by atoms with Crippen molar-refractivity contribution in [3.63, 3.8) is 0 Å². The van der Waals surface area contributed by atoms with Crippen LogP contribution >= 0.6 is 0 Å². The highest BCUT2D eigenvalue weighted by Gasteiger charge is 2.15. The molecule has 3 heterocycles. The number of hydrogen-bond donors (Lipinski definition) is 4. The highest BCUT2D eigenvalue weighted by molar-refractivity contribution is 6.01. The Labute approximate surface area is 187 Å². The van der Waals surface area contributed by atoms with E-state index in [1.165, 1.54) is 12.1 Å². The second-order valence-electron chi connectivity index (χ2n) is 7.99. The molecule has 0 radical (unpaired) electrons. The number of benzene rings is 3. The molecule has 6 aromatic rings. The monoisotopic (exact) mass is 435 g/mol. The van der Waals surface area contributed by atoms with Gasteiger partial charge in [-0.15, -0.1) is 0 Å². The third-order valence-electron chi connectivity index (χ3n) is 5.78. The highest BCUT2D eigenvalue weighted by Crippen LogP contribution is 2.36. The Morgan fingerprint density at radius 2 is 1.70 bits per heavy atom. The number of fused-ring (bicyclic) bond motifs is 2. The maximum atomic E-state index is 13.9. The molecule has 5 N–H and O–H groups in total. The summed E-state index contributed by atoms with van der Waals surface area (Å²) < 4.78 is 13.9. The maximum Gasteiger partial charge on any atom is 0.127 e. The number of rotatable bonds is 3. The van der Waals surface area contributed by atoms with Gasteiger partial charge in [-0.05, 0) is 59.2 Å². The summed E-state index contributed by atoms with van der Waals surface area (Å²) in [6, 6.07) is 19.8. The molecule has 0 unspecified atom stereocenters. The van der Waals surface area contributed by atoms with Crippen LogP contribution in [0.4, 0.5) is 10.1 Å². The van der Waals surface area contributed by atoms with Gasteiger partial charge in [0.1, 0.15) is 17.3 Å². The lowest BCUT2D eigenvalue weighted by atomic mass is 10.0. The maximum absolute atomic E-state index is 13.9. The predicted molar refractivity (Wildman–Crippen MR) is 128 cm³/mol. The van der Waals surface area contributed by atoms with Crippen LogP contribution in [0.2, 0.25) is 0 Å². The third-order valence-corrected chi connectivity index (χ3v) is 5.78. The predicted octanol–water partition coefficient (Wildman–Crippen LogP) is 5.87. The van der Waals surface area contributed by atoms with Crippen molar-refractivity contribution in [3.05, 3.63) is 84.9 Å². The number of aromatic amines is 2. The van der Waals surface area contributed by atoms with E-state index in [0.29, 0.717) is 16.8 Å². The largest absolute Gasteiger partial charge is 0.508 e. The Morgan fingerprint density at radius 3 is 2.55 bits per heavy atom. The Hall–Kier alpha value is -4.65. The molecule has 3 aromatic heterocycles. The minimum atomic E-state index is -0.509. The van der Waals surface area contributed by atoms with Gasteiger partial charge >= 0.3 is 0 Å². The van der Waals surface area contributed by atoms with Gasteiger partial charge in [-0.1, -0.05) is 18.2 Å². The van der Waals surface area contributed by atoms with Crippen molar-refractivity contribution in [2.24, 2.45) is 0 Å². The van der Waals surface area contributed by atoms with E-state index in [1.54, 1.807) is 12.4 Å². The number of aromatic nitrogens is 4. The molecule has 3 aromatic carbocycles. The number of aromatic hydroxyl groups is 1. The zero-order valence-corrected chi connectivity index (χ0v) is 17.3. The van der Waals surface area contributed by atoms with Crippen molar-refractivity contribution in [3.8, 4) is 39.4 Å². The number of anilines is 1. The number of H-pyrrole nitrogens is 2. The zero-order valence-electron chi connectivity index (χ0n) is 17.3. The van der Waals surface area contributed by atoms with E-state index in [4.69, 9.17) is 5.73 Å². The molecule has 0 fully saturated rings. The van der Waals surface area contributed by atoms with Crippen LogP contribution in [0.1, 0.15) is 0 Å². The molecule has 6 nitrogen and oxygen atoms in total. The van der Waals surface area contributed by atoms with Gasteiger partial charge in [0.15, 0.2) is 0 Å². The Morgan fingerprint density at radius 1 is 0.818 bits per heavy atom. The smallest absolute Gasteiger partial charge is 0.127 e. The first-order chi connectivity index (χ1) is 16.0. The summed E-state index contributed by atoms with van der Waals surface area (Å²) in [6.45, 7) is 0. The van der Waals surface area contributed by atoms with Gasteiger partial charge in [0.2, 0.25) is 0 Å². The normalized spacial score (nSPS) is 11.4. The van der Waals surface area contributed by atoms with Crippen molar-refractivity contribution < 1.29 is 9.50 Å². The van der Waals surface area contributed by atoms with Gasteiger partial charge in [0.25, 0.3) is 0 Å². The average Bonchev–Trinajstić information content (AvgIpc) is 3.41. The fourth-order valence-corrected chi connectivity index (χ4v) is 4.26. The summed E-state index contributed by atoms with van der Waals surface area (Å²) >= 11 is 0. The second-order valence-corrected chi connectivity index (χ2v) is 7.99. The van der Waals surface area contributed by atoms with Crippen molar-refractivity contribution in [1.82, 2.24) is 20.2 Å². The number of nitrogen functional groups attached to an aromatic ring is 1. The van der Waals surface area contributed by atoms with E-state index in [2.05, 4.69) is 26.2 Å². The number of nitrogens with one attached hydrogen (secondary N) is 2. The number of halogens is 1. The third kappa shape index (κ3) is 3.27. The second kappa shape index (κ2) is 7.20. The van der Waals surface area contributed by atoms with Crippen molar-refractivity contribution in [1.29, 1.82) is 0 Å². The number of phenols is 1. The van der Waals surface area contributed by atoms with Crippen LogP contribution in [0.15, 0.2) is 79.1 Å². The number of hydrogen-bond acceptors (Lipinski definition) is 4. The molecule has 0 aliphatic carbocycles. The SMILES string of the molecule is Nc1cccc(-c2ccc3[nH]nc(-c4cc5c(-c6cc(O)cc(F)c6)cncc5[nH]4)c3c2)c1. The van der Waals surface area contributed by atoms with Crippen molar-refractivity contribution in [2.45, 2.75) is 0 Å². The molecule has 0 saturated carbocycles. The molecule has 0 saturated heterocycles. The summed E-state index contributed by atoms with van der Waals surface area (Å²) in [5.74, 6) is -0.643. The first-order valence-electron chi connectivity index (χ1n) is 10.4. The van der Waals surface area contributed by atoms with Crippen LogP contribution in [0.3, 0.4) is 0 Å². The standard InChI is InChI=1S/C26H18FN5O/c27-17-6-16(8-19(33)10-17)22-12-29-13-25-20(22)11-24(30-25)26-21-9-15(4-5-23(21)31-32-26)14-2-1-3-18(28)7-14/h1-13,30,33H,28H2,(H,31,32). The molecule has 0 aliphatic heterocycles. The minimum Gasteiger partial charge on any atom is -0.508 e. The molecule has 160 valence electrons. The van der Waals surface area contributed by atoms with Gasteiger partial charge in [0.05, 0.1) is 22.9 Å². The Bertz CT molecular complexity index is 1650. The molecule has 33 heavy (non-hydrogen) atoms. The zero-order chi connectivity index (χ0) is 22.5. The van der Waals surface area contributed by atoms with Gasteiger partial charge in [-0.2, -0.15) is 5.10 Å². The molecular formula is C26H18FN5O. The number of pyridine rings is 1. The summed E-state index contributed by atoms with van der Waals surface area (Å²) in [5, 5.41) is 19.3. The van der Waals surface area contributed by atoms with Crippen LogP contribution in [0.5, 0.6) is 5.75 Å². The van der Waals surface area contributed by atoms with Crippen molar-refractivity contribution in [2.75, 3.05) is 5.73 Å². The summed E-state index contributed by atoms with van der Waals surface area (Å²) in [4.78, 5) is 7.67. The van der Waals surface area contributed by atoms with Crippen LogP contribution in [-0.2, 0) is 0 Å². The van der Waals surface area contributed by atoms with E-state index in [1.807, 2.05) is 42.5 Å². The molecule has 6 rings (SSSR count).